The fourth-order valence-corrected chi connectivity index (χ4v) is 2.37. The molecule has 1 aliphatic heterocycles. The van der Waals surface area contributed by atoms with Crippen molar-refractivity contribution in [2.24, 2.45) is 0 Å². The van der Waals surface area contributed by atoms with E-state index < -0.39 is 0 Å². The Hall–Kier alpha value is -1.63. The lowest BCUT2D eigenvalue weighted by Crippen LogP contribution is -2.27. The number of nitrogens with one attached hydrogen (secondary N) is 1. The van der Waals surface area contributed by atoms with E-state index in [1.807, 2.05) is 6.92 Å². The number of aryl methyl sites for hydroxylation is 2. The Balaban J connectivity index is 2.11. The normalized spacial score (nSPS) is 19.4. The number of hydrogen-bond acceptors (Lipinski definition) is 5. The lowest BCUT2D eigenvalue weighted by Gasteiger charge is -2.23. The molecule has 2 heterocycles. The van der Waals surface area contributed by atoms with Crippen molar-refractivity contribution in [3.05, 3.63) is 15.8 Å². The van der Waals surface area contributed by atoms with E-state index in [0.29, 0.717) is 24.6 Å². The second-order valence-corrected chi connectivity index (χ2v) is 4.72. The van der Waals surface area contributed by atoms with Gasteiger partial charge in [-0.1, -0.05) is 0 Å². The fourth-order valence-electron chi connectivity index (χ4n) is 2.37. The van der Waals surface area contributed by atoms with Crippen LogP contribution in [-0.2, 0) is 11.3 Å². The molecule has 0 bridgehead atoms. The largest absolute Gasteiger partial charge is 0.376 e. The van der Waals surface area contributed by atoms with Crippen LogP contribution in [0.5, 0.6) is 0 Å². The topological polar surface area (TPSA) is 82.2 Å². The number of ether oxygens (including phenoxy) is 1. The van der Waals surface area contributed by atoms with E-state index in [4.69, 9.17) is 4.74 Å². The zero-order valence-corrected chi connectivity index (χ0v) is 11.4. The Labute approximate surface area is 112 Å². The van der Waals surface area contributed by atoms with Crippen LogP contribution in [0.4, 0.5) is 11.5 Å². The minimum Gasteiger partial charge on any atom is -0.376 e. The lowest BCUT2D eigenvalue weighted by molar-refractivity contribution is -0.384. The summed E-state index contributed by atoms with van der Waals surface area (Å²) in [6.07, 6.45) is 3.39. The molecule has 1 aliphatic rings. The Morgan fingerprint density at radius 1 is 1.58 bits per heavy atom. The third kappa shape index (κ3) is 3.04. The first kappa shape index (κ1) is 13.8. The van der Waals surface area contributed by atoms with Gasteiger partial charge in [0.2, 0.25) is 5.82 Å². The molecule has 7 heteroatoms. The molecule has 7 nitrogen and oxygen atoms in total. The molecular formula is C12H20N4O3. The number of nitro groups is 1. The maximum absolute atomic E-state index is 11.1. The highest BCUT2D eigenvalue weighted by atomic mass is 16.6. The third-order valence-electron chi connectivity index (χ3n) is 3.35. The smallest absolute Gasteiger partial charge is 0.333 e. The van der Waals surface area contributed by atoms with E-state index in [1.54, 1.807) is 11.6 Å². The lowest BCUT2D eigenvalue weighted by atomic mass is 10.1. The van der Waals surface area contributed by atoms with E-state index in [9.17, 15) is 10.1 Å². The number of nitrogens with zero attached hydrogens (tertiary/aromatic N) is 3. The van der Waals surface area contributed by atoms with Crippen molar-refractivity contribution in [3.63, 3.8) is 0 Å². The number of hydrogen-bond donors (Lipinski definition) is 1. The summed E-state index contributed by atoms with van der Waals surface area (Å²) in [5, 5.41) is 18.4. The molecule has 1 aromatic heterocycles. The second kappa shape index (κ2) is 6.01. The summed E-state index contributed by atoms with van der Waals surface area (Å²) in [6, 6.07) is 0. The Kier molecular flexibility index (Phi) is 4.36. The SMILES string of the molecule is CCn1nc(C)c([N+](=O)[O-])c1NCC1CCCCO1. The van der Waals surface area contributed by atoms with E-state index >= 15 is 0 Å². The molecule has 1 fully saturated rings. The van der Waals surface area contributed by atoms with E-state index in [2.05, 4.69) is 10.4 Å². The fraction of sp³-hybridized carbons (Fsp3) is 0.750. The molecule has 0 saturated carbocycles. The number of anilines is 1. The van der Waals surface area contributed by atoms with Gasteiger partial charge in [-0.2, -0.15) is 5.10 Å². The zero-order valence-electron chi connectivity index (χ0n) is 11.4. The van der Waals surface area contributed by atoms with E-state index in [1.165, 1.54) is 0 Å². The maximum atomic E-state index is 11.1. The molecule has 1 N–H and O–H groups in total. The van der Waals surface area contributed by atoms with Crippen molar-refractivity contribution in [1.29, 1.82) is 0 Å². The van der Waals surface area contributed by atoms with Crippen LogP contribution in [0, 0.1) is 17.0 Å². The molecule has 2 rings (SSSR count). The van der Waals surface area contributed by atoms with Gasteiger partial charge < -0.3 is 10.1 Å². The van der Waals surface area contributed by atoms with E-state index in [0.717, 1.165) is 25.9 Å². The highest BCUT2D eigenvalue weighted by molar-refractivity contribution is 5.59. The van der Waals surface area contributed by atoms with Gasteiger partial charge in [-0.3, -0.25) is 10.1 Å². The first-order valence-electron chi connectivity index (χ1n) is 6.70. The molecule has 0 amide bonds. The summed E-state index contributed by atoms with van der Waals surface area (Å²) in [5.74, 6) is 0.485. The van der Waals surface area contributed by atoms with Crippen molar-refractivity contribution in [2.75, 3.05) is 18.5 Å². The minimum absolute atomic E-state index is 0.0673. The quantitative estimate of drug-likeness (QED) is 0.653. The molecule has 0 aliphatic carbocycles. The Morgan fingerprint density at radius 3 is 2.95 bits per heavy atom. The molecule has 19 heavy (non-hydrogen) atoms. The second-order valence-electron chi connectivity index (χ2n) is 4.72. The van der Waals surface area contributed by atoms with Gasteiger partial charge in [0.05, 0.1) is 11.0 Å². The first-order chi connectivity index (χ1) is 9.13. The molecular weight excluding hydrogens is 248 g/mol. The van der Waals surface area contributed by atoms with Crippen molar-refractivity contribution < 1.29 is 9.66 Å². The monoisotopic (exact) mass is 268 g/mol. The maximum Gasteiger partial charge on any atom is 0.333 e. The van der Waals surface area contributed by atoms with Crippen molar-refractivity contribution >= 4 is 11.5 Å². The number of aromatic nitrogens is 2. The average Bonchev–Trinajstić information content (AvgIpc) is 2.73. The summed E-state index contributed by atoms with van der Waals surface area (Å²) in [7, 11) is 0. The van der Waals surface area contributed by atoms with Gasteiger partial charge in [-0.25, -0.2) is 4.68 Å². The van der Waals surface area contributed by atoms with Gasteiger partial charge in [-0.15, -0.1) is 0 Å². The molecule has 0 aromatic carbocycles. The van der Waals surface area contributed by atoms with Crippen molar-refractivity contribution in [1.82, 2.24) is 9.78 Å². The zero-order chi connectivity index (χ0) is 13.8. The van der Waals surface area contributed by atoms with Crippen LogP contribution in [0.25, 0.3) is 0 Å². The van der Waals surface area contributed by atoms with Crippen LogP contribution in [0.2, 0.25) is 0 Å². The summed E-state index contributed by atoms with van der Waals surface area (Å²) in [4.78, 5) is 10.7. The molecule has 1 saturated heterocycles. The summed E-state index contributed by atoms with van der Waals surface area (Å²) in [5.41, 5.74) is 0.511. The summed E-state index contributed by atoms with van der Waals surface area (Å²) >= 11 is 0. The van der Waals surface area contributed by atoms with Gasteiger partial charge >= 0.3 is 5.69 Å². The molecule has 1 unspecified atom stereocenters. The van der Waals surface area contributed by atoms with Gasteiger partial charge in [0.15, 0.2) is 0 Å². The van der Waals surface area contributed by atoms with Gasteiger partial charge in [0.25, 0.3) is 0 Å². The average molecular weight is 268 g/mol. The van der Waals surface area contributed by atoms with Crippen molar-refractivity contribution in [2.45, 2.75) is 45.8 Å². The van der Waals surface area contributed by atoms with Crippen LogP contribution in [0.3, 0.4) is 0 Å². The summed E-state index contributed by atoms with van der Waals surface area (Å²) in [6.45, 7) is 5.54. The standard InChI is InChI=1S/C12H20N4O3/c1-3-15-12(11(16(17)18)9(2)14-15)13-8-10-6-4-5-7-19-10/h10,13H,3-8H2,1-2H3. The molecule has 106 valence electrons. The predicted octanol–water partition coefficient (Wildman–Crippen LogP) is 2.10. The third-order valence-corrected chi connectivity index (χ3v) is 3.35. The number of rotatable bonds is 5. The van der Waals surface area contributed by atoms with Crippen molar-refractivity contribution in [3.8, 4) is 0 Å². The Bertz CT molecular complexity index is 452. The summed E-state index contributed by atoms with van der Waals surface area (Å²) < 4.78 is 7.25. The molecule has 1 aromatic rings. The molecule has 1 atom stereocenters. The van der Waals surface area contributed by atoms with Crippen LogP contribution in [-0.4, -0.2) is 34.0 Å². The first-order valence-corrected chi connectivity index (χ1v) is 6.70. The van der Waals surface area contributed by atoms with Crippen LogP contribution >= 0.6 is 0 Å². The van der Waals surface area contributed by atoms with Crippen LogP contribution in [0.15, 0.2) is 0 Å². The van der Waals surface area contributed by atoms with Gasteiger partial charge in [-0.05, 0) is 33.1 Å². The minimum atomic E-state index is -0.376. The highest BCUT2D eigenvalue weighted by Crippen LogP contribution is 2.28. The highest BCUT2D eigenvalue weighted by Gasteiger charge is 2.25. The van der Waals surface area contributed by atoms with Gasteiger partial charge in [0, 0.05) is 19.7 Å². The predicted molar refractivity (Wildman–Crippen MR) is 71.4 cm³/mol. The van der Waals surface area contributed by atoms with E-state index in [-0.39, 0.29) is 16.7 Å². The Morgan fingerprint density at radius 2 is 2.37 bits per heavy atom. The van der Waals surface area contributed by atoms with Crippen LogP contribution < -0.4 is 5.32 Å². The molecule has 0 radical (unpaired) electrons. The van der Waals surface area contributed by atoms with Crippen LogP contribution in [0.1, 0.15) is 31.9 Å². The van der Waals surface area contributed by atoms with Gasteiger partial charge in [0.1, 0.15) is 5.69 Å². The molecule has 0 spiro atoms.